The van der Waals surface area contributed by atoms with E-state index in [1.807, 2.05) is 31.2 Å². The van der Waals surface area contributed by atoms with Crippen molar-refractivity contribution in [3.63, 3.8) is 0 Å². The number of carboxylic acids is 1. The first-order valence-corrected chi connectivity index (χ1v) is 11.4. The molecule has 31 heavy (non-hydrogen) atoms. The Morgan fingerprint density at radius 1 is 1.42 bits per heavy atom. The number of carbonyl (C=O) groups is 1. The Kier molecular flexibility index (Phi) is 6.33. The van der Waals surface area contributed by atoms with Gasteiger partial charge in [-0.25, -0.2) is 19.1 Å². The van der Waals surface area contributed by atoms with Gasteiger partial charge in [0, 0.05) is 18.4 Å². The predicted octanol–water partition coefficient (Wildman–Crippen LogP) is 1.53. The second kappa shape index (κ2) is 8.50. The zero-order chi connectivity index (χ0) is 23.0. The molecule has 0 bridgehead atoms. The standard InChI is InChI=1S/C20H28N6O4S/c1-12-10-14(8-9-15(12)11-26(4)13(2)19(27)28)16-6-5-7-17(31(21,29)30)18(16)20(3)22-24-25-23-20/h5-10,13,16,18H,11H2,1-4H3,(H,22,25)(H,23,24)(H,27,28)(H2,21,29,30). The topological polar surface area (TPSA) is 149 Å². The number of rotatable bonds is 7. The lowest BCUT2D eigenvalue weighted by atomic mass is 9.75. The fraction of sp³-hybridized carbons (Fsp3) is 0.450. The second-order valence-electron chi connectivity index (χ2n) is 8.20. The van der Waals surface area contributed by atoms with Crippen LogP contribution in [-0.4, -0.2) is 43.1 Å². The van der Waals surface area contributed by atoms with Crippen LogP contribution in [0, 0.1) is 12.8 Å². The van der Waals surface area contributed by atoms with Crippen LogP contribution in [0.25, 0.3) is 0 Å². The molecule has 5 N–H and O–H groups in total. The SMILES string of the molecule is Cc1cc(C2C=CC=C(S(N)(=O)=O)C2C2(C)N=NNN2)ccc1CN(C)C(C)C(=O)O. The summed E-state index contributed by atoms with van der Waals surface area (Å²) in [6.45, 7) is 5.83. The number of likely N-dealkylation sites (N-methyl/N-ethyl adjacent to an activating group) is 1. The lowest BCUT2D eigenvalue weighted by molar-refractivity contribution is -0.142. The Morgan fingerprint density at radius 3 is 2.68 bits per heavy atom. The number of aliphatic carboxylic acids is 1. The second-order valence-corrected chi connectivity index (χ2v) is 9.76. The molecule has 0 radical (unpaired) electrons. The molecular formula is C20H28N6O4S. The van der Waals surface area contributed by atoms with Crippen LogP contribution in [0.1, 0.15) is 36.5 Å². The molecule has 1 aromatic rings. The summed E-state index contributed by atoms with van der Waals surface area (Å²) in [7, 11) is -2.20. The Balaban J connectivity index is 1.96. The van der Waals surface area contributed by atoms with E-state index in [1.54, 1.807) is 31.9 Å². The lowest BCUT2D eigenvalue weighted by Gasteiger charge is -2.37. The minimum atomic E-state index is -3.97. The minimum absolute atomic E-state index is 0.0781. The average molecular weight is 449 g/mol. The number of nitrogens with zero attached hydrogens (tertiary/aromatic N) is 3. The number of nitrogens with one attached hydrogen (secondary N) is 2. The summed E-state index contributed by atoms with van der Waals surface area (Å²) in [5.41, 5.74) is 7.37. The van der Waals surface area contributed by atoms with Gasteiger partial charge in [-0.05, 0) is 50.6 Å². The van der Waals surface area contributed by atoms with Gasteiger partial charge in [-0.2, -0.15) is 5.43 Å². The van der Waals surface area contributed by atoms with Gasteiger partial charge in [0.2, 0.25) is 10.0 Å². The molecule has 168 valence electrons. The van der Waals surface area contributed by atoms with Crippen LogP contribution in [0.2, 0.25) is 0 Å². The first kappa shape index (κ1) is 23.1. The highest BCUT2D eigenvalue weighted by molar-refractivity contribution is 7.93. The molecule has 0 aromatic heterocycles. The average Bonchev–Trinajstić information content (AvgIpc) is 3.15. The highest BCUT2D eigenvalue weighted by Crippen LogP contribution is 2.44. The molecule has 0 amide bonds. The number of hydrogen-bond acceptors (Lipinski definition) is 8. The van der Waals surface area contributed by atoms with Crippen LogP contribution in [0.4, 0.5) is 0 Å². The van der Waals surface area contributed by atoms with Crippen LogP contribution in [0.3, 0.4) is 0 Å². The fourth-order valence-corrected chi connectivity index (χ4v) is 4.99. The number of benzene rings is 1. The van der Waals surface area contributed by atoms with E-state index in [9.17, 15) is 18.3 Å². The number of aryl methyl sites for hydroxylation is 1. The van der Waals surface area contributed by atoms with Crippen LogP contribution in [0.15, 0.2) is 51.7 Å². The maximum Gasteiger partial charge on any atom is 0.320 e. The maximum atomic E-state index is 12.3. The van der Waals surface area contributed by atoms with Crippen molar-refractivity contribution in [3.8, 4) is 0 Å². The summed E-state index contributed by atoms with van der Waals surface area (Å²) in [6, 6.07) is 5.25. The van der Waals surface area contributed by atoms with E-state index in [1.165, 1.54) is 6.08 Å². The molecule has 1 aromatic carbocycles. The molecule has 11 heteroatoms. The lowest BCUT2D eigenvalue weighted by Crippen LogP contribution is -2.51. The van der Waals surface area contributed by atoms with Gasteiger partial charge in [-0.15, -0.1) is 5.11 Å². The first-order valence-electron chi connectivity index (χ1n) is 9.82. The molecule has 0 saturated heterocycles. The maximum absolute atomic E-state index is 12.3. The van der Waals surface area contributed by atoms with Crippen molar-refractivity contribution < 1.29 is 18.3 Å². The van der Waals surface area contributed by atoms with Gasteiger partial charge in [0.1, 0.15) is 6.04 Å². The summed E-state index contributed by atoms with van der Waals surface area (Å²) < 4.78 is 24.7. The third-order valence-corrected chi connectivity index (χ3v) is 7.03. The van der Waals surface area contributed by atoms with Gasteiger partial charge in [-0.3, -0.25) is 9.69 Å². The minimum Gasteiger partial charge on any atom is -0.480 e. The van der Waals surface area contributed by atoms with Crippen molar-refractivity contribution in [3.05, 3.63) is 58.0 Å². The summed E-state index contributed by atoms with van der Waals surface area (Å²) in [5.74, 6) is -1.82. The van der Waals surface area contributed by atoms with Crippen LogP contribution in [0.5, 0.6) is 0 Å². The summed E-state index contributed by atoms with van der Waals surface area (Å²) >= 11 is 0. The van der Waals surface area contributed by atoms with E-state index in [-0.39, 0.29) is 10.8 Å². The summed E-state index contributed by atoms with van der Waals surface area (Å²) in [4.78, 5) is 13.1. The van der Waals surface area contributed by atoms with Crippen molar-refractivity contribution in [1.82, 2.24) is 15.9 Å². The zero-order valence-electron chi connectivity index (χ0n) is 17.9. The van der Waals surface area contributed by atoms with Gasteiger partial charge >= 0.3 is 5.97 Å². The third kappa shape index (κ3) is 4.69. The number of nitrogens with two attached hydrogens (primary N) is 1. The van der Waals surface area contributed by atoms with E-state index < -0.39 is 33.6 Å². The number of primary sulfonamides is 1. The molecule has 1 aliphatic carbocycles. The van der Waals surface area contributed by atoms with E-state index in [0.29, 0.717) is 6.54 Å². The van der Waals surface area contributed by atoms with Crippen LogP contribution >= 0.6 is 0 Å². The molecule has 0 fully saturated rings. The first-order chi connectivity index (χ1) is 14.4. The Labute approximate surface area is 181 Å². The van der Waals surface area contributed by atoms with E-state index >= 15 is 0 Å². The number of allylic oxidation sites excluding steroid dienone is 3. The molecule has 3 rings (SSSR count). The Hall–Kier alpha value is -2.60. The van der Waals surface area contributed by atoms with Crippen LogP contribution in [-0.2, 0) is 21.4 Å². The van der Waals surface area contributed by atoms with Crippen molar-refractivity contribution in [1.29, 1.82) is 0 Å². The Bertz CT molecular complexity index is 1070. The normalized spacial score (nSPS) is 26.6. The summed E-state index contributed by atoms with van der Waals surface area (Å²) in [5, 5.41) is 22.7. The predicted molar refractivity (Wildman–Crippen MR) is 116 cm³/mol. The Morgan fingerprint density at radius 2 is 2.13 bits per heavy atom. The number of sulfonamides is 1. The van der Waals surface area contributed by atoms with Gasteiger partial charge in [-0.1, -0.05) is 35.6 Å². The molecule has 0 saturated carbocycles. The molecule has 1 heterocycles. The highest BCUT2D eigenvalue weighted by Gasteiger charge is 2.47. The smallest absolute Gasteiger partial charge is 0.320 e. The zero-order valence-corrected chi connectivity index (χ0v) is 18.7. The molecule has 2 aliphatic rings. The van der Waals surface area contributed by atoms with Gasteiger partial charge in [0.15, 0.2) is 5.66 Å². The molecular weight excluding hydrogens is 420 g/mol. The van der Waals surface area contributed by atoms with Gasteiger partial charge in [0.25, 0.3) is 0 Å². The van der Waals surface area contributed by atoms with E-state index in [2.05, 4.69) is 21.3 Å². The van der Waals surface area contributed by atoms with E-state index in [0.717, 1.165) is 16.7 Å². The van der Waals surface area contributed by atoms with Crippen molar-refractivity contribution in [2.45, 2.75) is 44.9 Å². The van der Waals surface area contributed by atoms with Crippen LogP contribution < -0.4 is 16.1 Å². The third-order valence-electron chi connectivity index (χ3n) is 5.99. The van der Waals surface area contributed by atoms with Gasteiger partial charge in [0.05, 0.1) is 4.91 Å². The number of carboxylic acid groups (broad SMARTS) is 1. The monoisotopic (exact) mass is 448 g/mol. The molecule has 10 nitrogen and oxygen atoms in total. The van der Waals surface area contributed by atoms with Crippen molar-refractivity contribution in [2.75, 3.05) is 7.05 Å². The molecule has 4 atom stereocenters. The number of hydrogen-bond donors (Lipinski definition) is 4. The number of hydrazine groups is 1. The molecule has 0 spiro atoms. The molecule has 4 unspecified atom stereocenters. The van der Waals surface area contributed by atoms with Crippen molar-refractivity contribution in [2.24, 2.45) is 21.4 Å². The quantitative estimate of drug-likeness (QED) is 0.494. The molecule has 1 aliphatic heterocycles. The van der Waals surface area contributed by atoms with Gasteiger partial charge < -0.3 is 5.11 Å². The fourth-order valence-electron chi connectivity index (χ4n) is 3.99. The summed E-state index contributed by atoms with van der Waals surface area (Å²) in [6.07, 6.45) is 5.11. The highest BCUT2D eigenvalue weighted by atomic mass is 32.2. The largest absolute Gasteiger partial charge is 0.480 e. The van der Waals surface area contributed by atoms with Crippen molar-refractivity contribution >= 4 is 16.0 Å². The van der Waals surface area contributed by atoms with E-state index in [4.69, 9.17) is 5.14 Å².